The molecule has 0 aliphatic rings. The molecule has 0 aliphatic heterocycles. The Morgan fingerprint density at radius 2 is 1.83 bits per heavy atom. The molecule has 1 aromatic rings. The minimum atomic E-state index is -1.83. The Labute approximate surface area is 120 Å². The molecule has 0 aromatic heterocycles. The average Bonchev–Trinajstić information content (AvgIpc) is 2.42. The van der Waals surface area contributed by atoms with Crippen LogP contribution >= 0.6 is 0 Å². The van der Waals surface area contributed by atoms with Gasteiger partial charge in [-0.05, 0) is 0 Å². The summed E-state index contributed by atoms with van der Waals surface area (Å²) in [4.78, 5) is 0. The van der Waals surface area contributed by atoms with Gasteiger partial charge in [0.2, 0.25) is 0 Å². The normalized spacial score (nSPS) is 11.2. The number of hydrogen-bond acceptors (Lipinski definition) is 1. The second-order valence-corrected chi connectivity index (χ2v) is 10.8. The van der Waals surface area contributed by atoms with Gasteiger partial charge in [0.25, 0.3) is 0 Å². The molecule has 0 atom stereocenters. The van der Waals surface area contributed by atoms with E-state index in [-0.39, 0.29) is 0 Å². The molecule has 2 heteroatoms. The Balaban J connectivity index is 3.01. The molecule has 0 saturated carbocycles. The van der Waals surface area contributed by atoms with Crippen molar-refractivity contribution in [2.75, 3.05) is 6.61 Å². The van der Waals surface area contributed by atoms with E-state index < -0.39 is 20.2 Å². The van der Waals surface area contributed by atoms with Crippen molar-refractivity contribution in [3.63, 3.8) is 0 Å². The third-order valence-corrected chi connectivity index (χ3v) is 10.6. The molecule has 101 valence electrons. The quantitative estimate of drug-likeness (QED) is 0.645. The third-order valence-electron chi connectivity index (χ3n) is 3.38. The molecule has 1 aromatic carbocycles. The van der Waals surface area contributed by atoms with Gasteiger partial charge in [0, 0.05) is 0 Å². The molecular formula is C16H27OSn. The fourth-order valence-corrected chi connectivity index (χ4v) is 9.71. The summed E-state index contributed by atoms with van der Waals surface area (Å²) in [6.07, 6.45) is 4.91. The van der Waals surface area contributed by atoms with Gasteiger partial charge >= 0.3 is 121 Å². The van der Waals surface area contributed by atoms with Crippen LogP contribution in [0, 0.1) is 0 Å². The summed E-state index contributed by atoms with van der Waals surface area (Å²) >= 11 is -1.83. The molecular weight excluding hydrogens is 327 g/mol. The van der Waals surface area contributed by atoms with Crippen LogP contribution in [0.3, 0.4) is 0 Å². The minimum absolute atomic E-state index is 0.887. The number of unbranched alkanes of at least 4 members (excludes halogenated alkanes) is 1. The topological polar surface area (TPSA) is 9.23 Å². The summed E-state index contributed by atoms with van der Waals surface area (Å²) in [6, 6.07) is 6.87. The summed E-state index contributed by atoms with van der Waals surface area (Å²) in [5.74, 6) is 0. The zero-order chi connectivity index (χ0) is 13.4. The van der Waals surface area contributed by atoms with Crippen molar-refractivity contribution >= 4 is 23.8 Å². The Morgan fingerprint density at radius 3 is 2.39 bits per heavy atom. The molecule has 1 nitrogen and oxygen atoms in total. The fourth-order valence-electron chi connectivity index (χ4n) is 2.44. The van der Waals surface area contributed by atoms with Gasteiger partial charge in [-0.3, -0.25) is 0 Å². The van der Waals surface area contributed by atoms with E-state index in [0.717, 1.165) is 19.4 Å². The summed E-state index contributed by atoms with van der Waals surface area (Å²) in [7, 11) is 0. The SMILES string of the molecule is CCC[CH2][Sn]([O]CC)[c]1cccc(CC)c1CC. The van der Waals surface area contributed by atoms with Crippen LogP contribution in [0.4, 0.5) is 0 Å². The summed E-state index contributed by atoms with van der Waals surface area (Å²) in [5, 5.41) is 0. The van der Waals surface area contributed by atoms with Crippen LogP contribution in [-0.2, 0) is 15.9 Å². The summed E-state index contributed by atoms with van der Waals surface area (Å²) in [5.41, 5.74) is 3.13. The first kappa shape index (κ1) is 16.0. The molecule has 0 aliphatic carbocycles. The summed E-state index contributed by atoms with van der Waals surface area (Å²) < 4.78 is 9.13. The Bertz CT molecular complexity index is 349. The van der Waals surface area contributed by atoms with Crippen LogP contribution in [0.15, 0.2) is 18.2 Å². The van der Waals surface area contributed by atoms with Gasteiger partial charge in [0.1, 0.15) is 0 Å². The zero-order valence-corrected chi connectivity index (χ0v) is 15.2. The van der Waals surface area contributed by atoms with Gasteiger partial charge in [0.05, 0.1) is 0 Å². The molecule has 0 fully saturated rings. The average molecular weight is 354 g/mol. The van der Waals surface area contributed by atoms with Crippen LogP contribution in [0.2, 0.25) is 4.44 Å². The molecule has 0 N–H and O–H groups in total. The van der Waals surface area contributed by atoms with E-state index in [0.29, 0.717) is 0 Å². The Morgan fingerprint density at radius 1 is 1.06 bits per heavy atom. The zero-order valence-electron chi connectivity index (χ0n) is 12.4. The van der Waals surface area contributed by atoms with E-state index in [4.69, 9.17) is 3.07 Å². The van der Waals surface area contributed by atoms with E-state index in [1.54, 1.807) is 9.14 Å². The van der Waals surface area contributed by atoms with Crippen molar-refractivity contribution in [2.45, 2.75) is 57.8 Å². The summed E-state index contributed by atoms with van der Waals surface area (Å²) in [6.45, 7) is 9.84. The number of aryl methyl sites for hydroxylation is 1. The second kappa shape index (κ2) is 8.97. The van der Waals surface area contributed by atoms with Crippen molar-refractivity contribution in [1.29, 1.82) is 0 Å². The van der Waals surface area contributed by atoms with E-state index in [1.165, 1.54) is 22.8 Å². The van der Waals surface area contributed by atoms with E-state index in [2.05, 4.69) is 45.9 Å². The molecule has 0 spiro atoms. The van der Waals surface area contributed by atoms with Crippen molar-refractivity contribution in [2.24, 2.45) is 0 Å². The van der Waals surface area contributed by atoms with Crippen molar-refractivity contribution in [1.82, 2.24) is 0 Å². The Kier molecular flexibility index (Phi) is 7.99. The first-order valence-electron chi connectivity index (χ1n) is 7.38. The molecule has 0 saturated heterocycles. The van der Waals surface area contributed by atoms with Gasteiger partial charge in [-0.25, -0.2) is 0 Å². The van der Waals surface area contributed by atoms with Crippen LogP contribution in [0.25, 0.3) is 0 Å². The predicted octanol–water partition coefficient (Wildman–Crippen LogP) is 3.85. The van der Waals surface area contributed by atoms with E-state index in [1.807, 2.05) is 0 Å². The van der Waals surface area contributed by atoms with E-state index in [9.17, 15) is 0 Å². The molecule has 0 unspecified atom stereocenters. The van der Waals surface area contributed by atoms with Crippen molar-refractivity contribution < 1.29 is 3.07 Å². The van der Waals surface area contributed by atoms with Crippen molar-refractivity contribution in [3.8, 4) is 0 Å². The number of benzene rings is 1. The van der Waals surface area contributed by atoms with Crippen LogP contribution < -0.4 is 3.58 Å². The molecule has 0 bridgehead atoms. The molecule has 18 heavy (non-hydrogen) atoms. The Hall–Kier alpha value is -0.0213. The van der Waals surface area contributed by atoms with Gasteiger partial charge in [-0.15, -0.1) is 0 Å². The first-order valence-corrected chi connectivity index (χ1v) is 12.0. The van der Waals surface area contributed by atoms with Crippen LogP contribution in [-0.4, -0.2) is 26.8 Å². The van der Waals surface area contributed by atoms with E-state index >= 15 is 0 Å². The number of hydrogen-bond donors (Lipinski definition) is 0. The fraction of sp³-hybridized carbons (Fsp3) is 0.625. The van der Waals surface area contributed by atoms with Gasteiger partial charge in [-0.2, -0.15) is 0 Å². The molecule has 0 amide bonds. The molecule has 0 heterocycles. The monoisotopic (exact) mass is 355 g/mol. The van der Waals surface area contributed by atoms with Gasteiger partial charge in [0.15, 0.2) is 0 Å². The van der Waals surface area contributed by atoms with Crippen LogP contribution in [0.5, 0.6) is 0 Å². The van der Waals surface area contributed by atoms with Gasteiger partial charge in [-0.1, -0.05) is 0 Å². The van der Waals surface area contributed by atoms with Gasteiger partial charge < -0.3 is 0 Å². The maximum absolute atomic E-state index is 6.17. The predicted molar refractivity (Wildman–Crippen MR) is 81.9 cm³/mol. The maximum atomic E-state index is 6.17. The standard InChI is InChI=1S/C10H13.C4H9.C2H5O.Sn/c1-3-9-7-5-6-8-10(9)4-2;1-3-4-2;1-2-3;/h5-7H,3-4H2,1-2H3;1,3-4H2,2H3;2H2,1H3;/q;;-1;+1. The van der Waals surface area contributed by atoms with Crippen molar-refractivity contribution in [3.05, 3.63) is 29.3 Å². The molecule has 1 rings (SSSR count). The number of rotatable bonds is 8. The first-order chi connectivity index (χ1) is 8.78. The molecule has 1 radical (unpaired) electrons. The third kappa shape index (κ3) is 4.27. The van der Waals surface area contributed by atoms with Crippen LogP contribution in [0.1, 0.15) is 51.7 Å². The second-order valence-electron chi connectivity index (χ2n) is 4.61.